The third kappa shape index (κ3) is 3.06. The second-order valence-electron chi connectivity index (χ2n) is 6.29. The third-order valence-corrected chi connectivity index (χ3v) is 4.82. The molecule has 2 unspecified atom stereocenters. The standard InChI is InChI=1S/C17H20F2N2O3/c18-13-5-4-12(9-14(13)19)21-16(23)10-15(17(21)24)20-7-2-1-3-11(20)6-8-22/h4-5,9,11,15,22H,1-3,6-8,10H2. The van der Waals surface area contributed by atoms with Crippen LogP contribution in [0.2, 0.25) is 0 Å². The Kier molecular flexibility index (Phi) is 4.91. The van der Waals surface area contributed by atoms with Gasteiger partial charge in [-0.05, 0) is 37.9 Å². The van der Waals surface area contributed by atoms with Gasteiger partial charge in [0.05, 0.1) is 18.2 Å². The molecule has 2 amide bonds. The van der Waals surface area contributed by atoms with Gasteiger partial charge in [-0.3, -0.25) is 14.5 Å². The van der Waals surface area contributed by atoms with Crippen LogP contribution >= 0.6 is 0 Å². The van der Waals surface area contributed by atoms with E-state index in [1.165, 1.54) is 6.07 Å². The Morgan fingerprint density at radius 1 is 1.17 bits per heavy atom. The number of aliphatic hydroxyl groups is 1. The summed E-state index contributed by atoms with van der Waals surface area (Å²) in [5, 5.41) is 9.22. The zero-order valence-electron chi connectivity index (χ0n) is 13.3. The molecule has 24 heavy (non-hydrogen) atoms. The summed E-state index contributed by atoms with van der Waals surface area (Å²) in [6.45, 7) is 0.725. The molecule has 2 aliphatic heterocycles. The Morgan fingerprint density at radius 2 is 1.96 bits per heavy atom. The Bertz CT molecular complexity index is 651. The number of likely N-dealkylation sites (tertiary alicyclic amines) is 1. The minimum Gasteiger partial charge on any atom is -0.396 e. The van der Waals surface area contributed by atoms with Crippen LogP contribution in [0.5, 0.6) is 0 Å². The molecule has 0 aliphatic carbocycles. The minimum absolute atomic E-state index is 0.0275. The van der Waals surface area contributed by atoms with Gasteiger partial charge in [0.15, 0.2) is 11.6 Å². The van der Waals surface area contributed by atoms with Crippen LogP contribution in [0.1, 0.15) is 32.1 Å². The van der Waals surface area contributed by atoms with Crippen LogP contribution < -0.4 is 4.90 Å². The lowest BCUT2D eigenvalue weighted by Crippen LogP contribution is -2.50. The fourth-order valence-electron chi connectivity index (χ4n) is 3.66. The molecule has 130 valence electrons. The van der Waals surface area contributed by atoms with Gasteiger partial charge >= 0.3 is 0 Å². The highest BCUT2D eigenvalue weighted by atomic mass is 19.2. The number of hydrogen-bond donors (Lipinski definition) is 1. The van der Waals surface area contributed by atoms with Gasteiger partial charge in [0.25, 0.3) is 5.91 Å². The Morgan fingerprint density at radius 3 is 2.67 bits per heavy atom. The van der Waals surface area contributed by atoms with Crippen molar-refractivity contribution in [2.45, 2.75) is 44.2 Å². The summed E-state index contributed by atoms with van der Waals surface area (Å²) in [7, 11) is 0. The van der Waals surface area contributed by atoms with Crippen molar-refractivity contribution in [3.8, 4) is 0 Å². The topological polar surface area (TPSA) is 60.9 Å². The average Bonchev–Trinajstić information content (AvgIpc) is 2.86. The molecule has 2 atom stereocenters. The second kappa shape index (κ2) is 6.94. The Labute approximate surface area is 138 Å². The first-order valence-corrected chi connectivity index (χ1v) is 8.21. The monoisotopic (exact) mass is 338 g/mol. The first-order valence-electron chi connectivity index (χ1n) is 8.21. The first-order chi connectivity index (χ1) is 11.5. The van der Waals surface area contributed by atoms with Crippen molar-refractivity contribution < 1.29 is 23.5 Å². The van der Waals surface area contributed by atoms with Crippen LogP contribution in [-0.2, 0) is 9.59 Å². The van der Waals surface area contributed by atoms with Crippen molar-refractivity contribution in [3.05, 3.63) is 29.8 Å². The number of aliphatic hydroxyl groups excluding tert-OH is 1. The van der Waals surface area contributed by atoms with E-state index in [1.807, 2.05) is 4.90 Å². The maximum absolute atomic E-state index is 13.4. The number of halogens is 2. The van der Waals surface area contributed by atoms with Crippen molar-refractivity contribution >= 4 is 17.5 Å². The summed E-state index contributed by atoms with van der Waals surface area (Å²) in [5.74, 6) is -2.93. The molecular weight excluding hydrogens is 318 g/mol. The lowest BCUT2D eigenvalue weighted by molar-refractivity contribution is -0.123. The molecule has 2 aliphatic rings. The quantitative estimate of drug-likeness (QED) is 0.851. The van der Waals surface area contributed by atoms with E-state index in [9.17, 15) is 23.5 Å². The van der Waals surface area contributed by atoms with Crippen LogP contribution in [0, 0.1) is 11.6 Å². The van der Waals surface area contributed by atoms with Crippen LogP contribution in [-0.4, -0.2) is 47.1 Å². The Balaban J connectivity index is 1.84. The molecular formula is C17H20F2N2O3. The molecule has 0 saturated carbocycles. The smallest absolute Gasteiger partial charge is 0.251 e. The van der Waals surface area contributed by atoms with Gasteiger partial charge in [-0.1, -0.05) is 6.42 Å². The number of hydrogen-bond acceptors (Lipinski definition) is 4. The molecule has 0 aromatic heterocycles. The van der Waals surface area contributed by atoms with Gasteiger partial charge in [0.1, 0.15) is 0 Å². The van der Waals surface area contributed by atoms with E-state index in [-0.39, 0.29) is 24.8 Å². The van der Waals surface area contributed by atoms with E-state index in [1.54, 1.807) is 0 Å². The number of imide groups is 1. The SMILES string of the molecule is O=C1CC(N2CCCCC2CCO)C(=O)N1c1ccc(F)c(F)c1. The molecule has 0 bridgehead atoms. The van der Waals surface area contributed by atoms with E-state index in [2.05, 4.69) is 0 Å². The molecule has 2 saturated heterocycles. The van der Waals surface area contributed by atoms with E-state index >= 15 is 0 Å². The number of anilines is 1. The summed E-state index contributed by atoms with van der Waals surface area (Å²) in [6, 6.07) is 2.49. The van der Waals surface area contributed by atoms with Gasteiger partial charge < -0.3 is 5.11 Å². The van der Waals surface area contributed by atoms with Crippen molar-refractivity contribution in [1.82, 2.24) is 4.90 Å². The molecule has 1 N–H and O–H groups in total. The van der Waals surface area contributed by atoms with E-state index in [4.69, 9.17) is 0 Å². The van der Waals surface area contributed by atoms with Crippen LogP contribution in [0.4, 0.5) is 14.5 Å². The number of carbonyl (C=O) groups is 2. The highest BCUT2D eigenvalue weighted by Gasteiger charge is 2.45. The molecule has 1 aromatic rings. The minimum atomic E-state index is -1.09. The molecule has 1 aromatic carbocycles. The largest absolute Gasteiger partial charge is 0.396 e. The summed E-state index contributed by atoms with van der Waals surface area (Å²) in [4.78, 5) is 28.0. The van der Waals surface area contributed by atoms with Gasteiger partial charge in [0.2, 0.25) is 5.91 Å². The first kappa shape index (κ1) is 17.0. The highest BCUT2D eigenvalue weighted by Crippen LogP contribution is 2.31. The number of rotatable bonds is 4. The molecule has 0 spiro atoms. The van der Waals surface area contributed by atoms with Crippen LogP contribution in [0.25, 0.3) is 0 Å². The molecule has 2 heterocycles. The lowest BCUT2D eigenvalue weighted by atomic mass is 9.97. The maximum Gasteiger partial charge on any atom is 0.251 e. The summed E-state index contributed by atoms with van der Waals surface area (Å²) in [5.41, 5.74) is 0.0575. The van der Waals surface area contributed by atoms with Gasteiger partial charge in [-0.15, -0.1) is 0 Å². The van der Waals surface area contributed by atoms with Gasteiger partial charge in [0, 0.05) is 18.7 Å². The van der Waals surface area contributed by atoms with Crippen molar-refractivity contribution in [3.63, 3.8) is 0 Å². The van der Waals surface area contributed by atoms with E-state index in [0.717, 1.165) is 36.3 Å². The normalized spacial score (nSPS) is 25.5. The van der Waals surface area contributed by atoms with Crippen LogP contribution in [0.3, 0.4) is 0 Å². The highest BCUT2D eigenvalue weighted by molar-refractivity contribution is 6.22. The molecule has 3 rings (SSSR count). The predicted octanol–water partition coefficient (Wildman–Crippen LogP) is 1.83. The summed E-state index contributed by atoms with van der Waals surface area (Å²) in [6.07, 6.45) is 3.43. The number of piperidine rings is 1. The van der Waals surface area contributed by atoms with Crippen LogP contribution in [0.15, 0.2) is 18.2 Å². The number of benzene rings is 1. The zero-order chi connectivity index (χ0) is 17.3. The summed E-state index contributed by atoms with van der Waals surface area (Å²) >= 11 is 0. The molecule has 0 radical (unpaired) electrons. The van der Waals surface area contributed by atoms with Crippen molar-refractivity contribution in [2.24, 2.45) is 0 Å². The second-order valence-corrected chi connectivity index (χ2v) is 6.29. The maximum atomic E-state index is 13.4. The fraction of sp³-hybridized carbons (Fsp3) is 0.529. The van der Waals surface area contributed by atoms with E-state index < -0.39 is 29.5 Å². The van der Waals surface area contributed by atoms with Crippen molar-refractivity contribution in [2.75, 3.05) is 18.1 Å². The number of amides is 2. The van der Waals surface area contributed by atoms with Gasteiger partial charge in [-0.2, -0.15) is 0 Å². The molecule has 2 fully saturated rings. The third-order valence-electron chi connectivity index (χ3n) is 4.82. The number of carbonyl (C=O) groups excluding carboxylic acids is 2. The Hall–Kier alpha value is -1.86. The summed E-state index contributed by atoms with van der Waals surface area (Å²) < 4.78 is 26.5. The zero-order valence-corrected chi connectivity index (χ0v) is 13.3. The van der Waals surface area contributed by atoms with Gasteiger partial charge in [-0.25, -0.2) is 13.7 Å². The average molecular weight is 338 g/mol. The molecule has 7 heteroatoms. The van der Waals surface area contributed by atoms with Crippen molar-refractivity contribution in [1.29, 1.82) is 0 Å². The molecule has 5 nitrogen and oxygen atoms in total. The number of nitrogens with zero attached hydrogens (tertiary/aromatic N) is 2. The van der Waals surface area contributed by atoms with E-state index in [0.29, 0.717) is 13.0 Å². The fourth-order valence-corrected chi connectivity index (χ4v) is 3.66. The predicted molar refractivity (Wildman–Crippen MR) is 83.3 cm³/mol. The lowest BCUT2D eigenvalue weighted by Gasteiger charge is -2.38.